The molecular formula is C19H15Cl2NO3. The molecule has 0 spiro atoms. The molecule has 25 heavy (non-hydrogen) atoms. The minimum Gasteiger partial charge on any atom is -0.481 e. The molecule has 4 nitrogen and oxygen atoms in total. The summed E-state index contributed by atoms with van der Waals surface area (Å²) in [4.78, 5) is 23.7. The third-order valence-corrected chi connectivity index (χ3v) is 4.59. The summed E-state index contributed by atoms with van der Waals surface area (Å²) in [6.45, 7) is 2.30. The van der Waals surface area contributed by atoms with Crippen LogP contribution in [0.3, 0.4) is 0 Å². The molecule has 3 rings (SSSR count). The standard InChI is InChI=1S/C19H15Cl2NO3/c1-11-2-5-17-15(6-11)19(25)13(7-18(23)24)10-22(17)9-12-3-4-14(20)8-16(12)21/h2-6,8,10H,7,9H2,1H3,(H,23,24). The lowest BCUT2D eigenvalue weighted by molar-refractivity contribution is -0.136. The highest BCUT2D eigenvalue weighted by molar-refractivity contribution is 6.35. The topological polar surface area (TPSA) is 59.3 Å². The van der Waals surface area contributed by atoms with Crippen molar-refractivity contribution in [2.24, 2.45) is 0 Å². The molecule has 0 unspecified atom stereocenters. The molecule has 0 saturated heterocycles. The van der Waals surface area contributed by atoms with Crippen LogP contribution in [0.4, 0.5) is 0 Å². The Labute approximate surface area is 154 Å². The summed E-state index contributed by atoms with van der Waals surface area (Å²) in [5.41, 5.74) is 2.50. The van der Waals surface area contributed by atoms with Crippen LogP contribution in [0.5, 0.6) is 0 Å². The zero-order chi connectivity index (χ0) is 18.1. The zero-order valence-corrected chi connectivity index (χ0v) is 14.9. The number of aryl methyl sites for hydroxylation is 1. The van der Waals surface area contributed by atoms with Gasteiger partial charge in [0.2, 0.25) is 0 Å². The molecule has 0 saturated carbocycles. The maximum absolute atomic E-state index is 12.6. The number of carboxylic acids is 1. The fourth-order valence-corrected chi connectivity index (χ4v) is 3.29. The molecule has 6 heteroatoms. The van der Waals surface area contributed by atoms with Crippen molar-refractivity contribution in [1.29, 1.82) is 0 Å². The van der Waals surface area contributed by atoms with E-state index in [1.807, 2.05) is 29.7 Å². The van der Waals surface area contributed by atoms with Gasteiger partial charge in [-0.05, 0) is 36.8 Å². The normalized spacial score (nSPS) is 11.0. The fraction of sp³-hybridized carbons (Fsp3) is 0.158. The maximum Gasteiger partial charge on any atom is 0.308 e. The molecule has 1 heterocycles. The number of benzene rings is 2. The van der Waals surface area contributed by atoms with Gasteiger partial charge in [0, 0.05) is 33.7 Å². The van der Waals surface area contributed by atoms with Crippen molar-refractivity contribution in [2.75, 3.05) is 0 Å². The largest absolute Gasteiger partial charge is 0.481 e. The SMILES string of the molecule is Cc1ccc2c(c1)c(=O)c(CC(=O)O)cn2Cc1ccc(Cl)cc1Cl. The zero-order valence-electron chi connectivity index (χ0n) is 13.4. The second kappa shape index (κ2) is 6.90. The van der Waals surface area contributed by atoms with Crippen LogP contribution in [0.1, 0.15) is 16.7 Å². The van der Waals surface area contributed by atoms with Crippen LogP contribution < -0.4 is 5.43 Å². The summed E-state index contributed by atoms with van der Waals surface area (Å²) in [5.74, 6) is -1.04. The molecule has 3 aromatic rings. The second-order valence-corrected chi connectivity index (χ2v) is 6.78. The van der Waals surface area contributed by atoms with E-state index in [1.165, 1.54) is 0 Å². The van der Waals surface area contributed by atoms with E-state index in [2.05, 4.69) is 0 Å². The van der Waals surface area contributed by atoms with E-state index in [-0.39, 0.29) is 17.4 Å². The number of fused-ring (bicyclic) bond motifs is 1. The van der Waals surface area contributed by atoms with Crippen LogP contribution in [-0.4, -0.2) is 15.6 Å². The van der Waals surface area contributed by atoms with Crippen molar-refractivity contribution < 1.29 is 9.90 Å². The van der Waals surface area contributed by atoms with Crippen molar-refractivity contribution >= 4 is 40.1 Å². The molecule has 0 bridgehead atoms. The molecule has 0 atom stereocenters. The first-order valence-electron chi connectivity index (χ1n) is 7.63. The van der Waals surface area contributed by atoms with Gasteiger partial charge in [-0.1, -0.05) is 40.9 Å². The number of nitrogens with zero attached hydrogens (tertiary/aromatic N) is 1. The second-order valence-electron chi connectivity index (χ2n) is 5.94. The summed E-state index contributed by atoms with van der Waals surface area (Å²) in [7, 11) is 0. The van der Waals surface area contributed by atoms with Crippen molar-refractivity contribution in [2.45, 2.75) is 19.9 Å². The summed E-state index contributed by atoms with van der Waals surface area (Å²) in [6.07, 6.45) is 1.27. The average molecular weight is 376 g/mol. The molecule has 1 aromatic heterocycles. The van der Waals surface area contributed by atoms with Crippen molar-refractivity contribution in [3.05, 3.63) is 79.6 Å². The number of rotatable bonds is 4. The molecule has 2 aromatic carbocycles. The van der Waals surface area contributed by atoms with Crippen LogP contribution in [0.15, 0.2) is 47.4 Å². The summed E-state index contributed by atoms with van der Waals surface area (Å²) in [5, 5.41) is 10.7. The molecule has 128 valence electrons. The van der Waals surface area contributed by atoms with Crippen molar-refractivity contribution in [1.82, 2.24) is 4.57 Å². The lowest BCUT2D eigenvalue weighted by Gasteiger charge is -2.14. The minimum absolute atomic E-state index is 0.246. The summed E-state index contributed by atoms with van der Waals surface area (Å²) >= 11 is 12.2. The Hall–Kier alpha value is -2.30. The Balaban J connectivity index is 2.20. The highest BCUT2D eigenvalue weighted by Crippen LogP contribution is 2.23. The number of halogens is 2. The van der Waals surface area contributed by atoms with Crippen molar-refractivity contribution in [3.8, 4) is 0 Å². The van der Waals surface area contributed by atoms with E-state index < -0.39 is 5.97 Å². The quantitative estimate of drug-likeness (QED) is 0.739. The number of aromatic nitrogens is 1. The van der Waals surface area contributed by atoms with Gasteiger partial charge in [0.15, 0.2) is 5.43 Å². The van der Waals surface area contributed by atoms with Crippen LogP contribution in [0, 0.1) is 6.92 Å². The van der Waals surface area contributed by atoms with Gasteiger partial charge in [0.25, 0.3) is 0 Å². The summed E-state index contributed by atoms with van der Waals surface area (Å²) < 4.78 is 1.85. The Kier molecular flexibility index (Phi) is 4.84. The van der Waals surface area contributed by atoms with E-state index >= 15 is 0 Å². The average Bonchev–Trinajstić information content (AvgIpc) is 2.53. The number of carboxylic acid groups (broad SMARTS) is 1. The van der Waals surface area contributed by atoms with E-state index in [1.54, 1.807) is 24.4 Å². The van der Waals surface area contributed by atoms with Gasteiger partial charge in [-0.2, -0.15) is 0 Å². The molecule has 0 aliphatic heterocycles. The van der Waals surface area contributed by atoms with Gasteiger partial charge in [-0.15, -0.1) is 0 Å². The van der Waals surface area contributed by atoms with Gasteiger partial charge < -0.3 is 9.67 Å². The van der Waals surface area contributed by atoms with E-state index in [4.69, 9.17) is 28.3 Å². The van der Waals surface area contributed by atoms with Crippen LogP contribution in [0.2, 0.25) is 10.0 Å². The smallest absolute Gasteiger partial charge is 0.308 e. The highest BCUT2D eigenvalue weighted by atomic mass is 35.5. The summed E-state index contributed by atoms with van der Waals surface area (Å²) in [6, 6.07) is 10.8. The third-order valence-electron chi connectivity index (χ3n) is 4.01. The number of pyridine rings is 1. The van der Waals surface area contributed by atoms with E-state index in [0.29, 0.717) is 22.0 Å². The van der Waals surface area contributed by atoms with Gasteiger partial charge in [0.1, 0.15) is 0 Å². The van der Waals surface area contributed by atoms with Gasteiger partial charge in [0.05, 0.1) is 11.9 Å². The Morgan fingerprint density at radius 3 is 2.56 bits per heavy atom. The van der Waals surface area contributed by atoms with Crippen LogP contribution in [-0.2, 0) is 17.8 Å². The Bertz CT molecular complexity index is 1040. The van der Waals surface area contributed by atoms with Gasteiger partial charge >= 0.3 is 5.97 Å². The lowest BCUT2D eigenvalue weighted by Crippen LogP contribution is -2.18. The van der Waals surface area contributed by atoms with E-state index in [0.717, 1.165) is 16.6 Å². The predicted octanol–water partition coefficient (Wildman–Crippen LogP) is 4.29. The first kappa shape index (κ1) is 17.5. The predicted molar refractivity (Wildman–Crippen MR) is 99.8 cm³/mol. The number of hydrogen-bond acceptors (Lipinski definition) is 2. The van der Waals surface area contributed by atoms with Crippen LogP contribution in [0.25, 0.3) is 10.9 Å². The molecule has 0 aliphatic carbocycles. The molecule has 0 amide bonds. The monoisotopic (exact) mass is 375 g/mol. The molecular weight excluding hydrogens is 361 g/mol. The first-order chi connectivity index (χ1) is 11.8. The molecule has 0 fully saturated rings. The third kappa shape index (κ3) is 3.70. The fourth-order valence-electron chi connectivity index (χ4n) is 2.82. The highest BCUT2D eigenvalue weighted by Gasteiger charge is 2.13. The van der Waals surface area contributed by atoms with Gasteiger partial charge in [-0.25, -0.2) is 0 Å². The molecule has 0 radical (unpaired) electrons. The number of hydrogen-bond donors (Lipinski definition) is 1. The molecule has 1 N–H and O–H groups in total. The number of aliphatic carboxylic acids is 1. The van der Waals surface area contributed by atoms with Gasteiger partial charge in [-0.3, -0.25) is 9.59 Å². The Morgan fingerprint density at radius 1 is 1.12 bits per heavy atom. The first-order valence-corrected chi connectivity index (χ1v) is 8.39. The number of carbonyl (C=O) groups is 1. The lowest BCUT2D eigenvalue weighted by atomic mass is 10.1. The van der Waals surface area contributed by atoms with E-state index in [9.17, 15) is 9.59 Å². The molecule has 0 aliphatic rings. The maximum atomic E-state index is 12.6. The minimum atomic E-state index is -1.04. The Morgan fingerprint density at radius 2 is 1.88 bits per heavy atom. The van der Waals surface area contributed by atoms with Crippen molar-refractivity contribution in [3.63, 3.8) is 0 Å². The van der Waals surface area contributed by atoms with Crippen LogP contribution >= 0.6 is 23.2 Å².